The molecule has 1 amide bonds. The summed E-state index contributed by atoms with van der Waals surface area (Å²) >= 11 is 0. The van der Waals surface area contributed by atoms with Crippen molar-refractivity contribution in [2.24, 2.45) is 5.92 Å². The second-order valence-corrected chi connectivity index (χ2v) is 6.52. The van der Waals surface area contributed by atoms with Crippen molar-refractivity contribution < 1.29 is 4.79 Å². The molecule has 3 heteroatoms. The van der Waals surface area contributed by atoms with Gasteiger partial charge in [-0.15, -0.1) is 0 Å². The standard InChI is InChI=1S/C18H26N2O/c1-15(21)20-11-5-8-18(20)17-9-12-19(13-10-17)14-16-6-3-2-4-7-16/h2-4,6-7,17-18H,5,8-14H2,1H3. The first-order chi connectivity index (χ1) is 10.2. The summed E-state index contributed by atoms with van der Waals surface area (Å²) in [4.78, 5) is 16.4. The van der Waals surface area contributed by atoms with Crippen LogP contribution in [-0.4, -0.2) is 41.4 Å². The average Bonchev–Trinajstić information content (AvgIpc) is 2.99. The van der Waals surface area contributed by atoms with Crippen LogP contribution < -0.4 is 0 Å². The van der Waals surface area contributed by atoms with Gasteiger partial charge in [-0.05, 0) is 50.3 Å². The molecular formula is C18H26N2O. The van der Waals surface area contributed by atoms with Gasteiger partial charge in [0.05, 0.1) is 0 Å². The quantitative estimate of drug-likeness (QED) is 0.853. The minimum absolute atomic E-state index is 0.268. The predicted octanol–water partition coefficient (Wildman–Crippen LogP) is 2.91. The summed E-state index contributed by atoms with van der Waals surface area (Å²) in [6.07, 6.45) is 4.87. The monoisotopic (exact) mass is 286 g/mol. The number of amides is 1. The topological polar surface area (TPSA) is 23.6 Å². The highest BCUT2D eigenvalue weighted by Crippen LogP contribution is 2.31. The molecule has 0 aliphatic carbocycles. The number of benzene rings is 1. The lowest BCUT2D eigenvalue weighted by Gasteiger charge is -2.38. The summed E-state index contributed by atoms with van der Waals surface area (Å²) in [5.41, 5.74) is 1.40. The van der Waals surface area contributed by atoms with Gasteiger partial charge in [0, 0.05) is 26.1 Å². The number of piperidine rings is 1. The summed E-state index contributed by atoms with van der Waals surface area (Å²) in [6.45, 7) is 6.10. The van der Waals surface area contributed by atoms with Crippen molar-refractivity contribution in [3.63, 3.8) is 0 Å². The lowest BCUT2D eigenvalue weighted by molar-refractivity contribution is -0.130. The minimum atomic E-state index is 0.268. The Morgan fingerprint density at radius 2 is 1.81 bits per heavy atom. The Balaban J connectivity index is 1.52. The fourth-order valence-electron chi connectivity index (χ4n) is 4.01. The van der Waals surface area contributed by atoms with Gasteiger partial charge in [0.1, 0.15) is 0 Å². The molecule has 0 radical (unpaired) electrons. The van der Waals surface area contributed by atoms with E-state index in [1.165, 1.54) is 44.3 Å². The Morgan fingerprint density at radius 3 is 2.48 bits per heavy atom. The Hall–Kier alpha value is -1.35. The third kappa shape index (κ3) is 3.46. The molecule has 2 fully saturated rings. The van der Waals surface area contributed by atoms with E-state index in [0.717, 1.165) is 13.1 Å². The third-order valence-electron chi connectivity index (χ3n) is 5.13. The van der Waals surface area contributed by atoms with Gasteiger partial charge in [0.2, 0.25) is 5.91 Å². The van der Waals surface area contributed by atoms with Crippen LogP contribution in [0.3, 0.4) is 0 Å². The normalized spacial score (nSPS) is 24.4. The highest BCUT2D eigenvalue weighted by Gasteiger charge is 2.34. The Kier molecular flexibility index (Phi) is 4.59. The predicted molar refractivity (Wildman–Crippen MR) is 84.9 cm³/mol. The van der Waals surface area contributed by atoms with Crippen LogP contribution in [0.15, 0.2) is 30.3 Å². The van der Waals surface area contributed by atoms with Gasteiger partial charge in [-0.2, -0.15) is 0 Å². The summed E-state index contributed by atoms with van der Waals surface area (Å²) < 4.78 is 0. The third-order valence-corrected chi connectivity index (χ3v) is 5.13. The zero-order valence-corrected chi connectivity index (χ0v) is 13.0. The molecule has 1 atom stereocenters. The SMILES string of the molecule is CC(=O)N1CCCC1C1CCN(Cc2ccccc2)CC1. The molecule has 2 saturated heterocycles. The molecule has 3 rings (SSSR count). The van der Waals surface area contributed by atoms with Crippen LogP contribution in [0.25, 0.3) is 0 Å². The van der Waals surface area contributed by atoms with Crippen LogP contribution in [-0.2, 0) is 11.3 Å². The Labute approximate surface area is 127 Å². The number of hydrogen-bond donors (Lipinski definition) is 0. The zero-order valence-electron chi connectivity index (χ0n) is 13.0. The van der Waals surface area contributed by atoms with Gasteiger partial charge in [-0.3, -0.25) is 9.69 Å². The molecule has 21 heavy (non-hydrogen) atoms. The fourth-order valence-corrected chi connectivity index (χ4v) is 4.01. The van der Waals surface area contributed by atoms with Gasteiger partial charge in [-0.25, -0.2) is 0 Å². The van der Waals surface area contributed by atoms with Crippen LogP contribution in [0.5, 0.6) is 0 Å². The van der Waals surface area contributed by atoms with Crippen molar-refractivity contribution in [3.8, 4) is 0 Å². The van der Waals surface area contributed by atoms with Crippen molar-refractivity contribution in [2.45, 2.75) is 45.2 Å². The number of hydrogen-bond acceptors (Lipinski definition) is 2. The van der Waals surface area contributed by atoms with E-state index in [4.69, 9.17) is 0 Å². The molecule has 1 aromatic rings. The number of carbonyl (C=O) groups excluding carboxylic acids is 1. The van der Waals surface area contributed by atoms with Gasteiger partial charge in [0.15, 0.2) is 0 Å². The number of rotatable bonds is 3. The van der Waals surface area contributed by atoms with Gasteiger partial charge < -0.3 is 4.90 Å². The van der Waals surface area contributed by atoms with Crippen LogP contribution in [0.4, 0.5) is 0 Å². The maximum Gasteiger partial charge on any atom is 0.219 e. The first-order valence-corrected chi connectivity index (χ1v) is 8.27. The van der Waals surface area contributed by atoms with E-state index >= 15 is 0 Å². The average molecular weight is 286 g/mol. The summed E-state index contributed by atoms with van der Waals surface area (Å²) in [5.74, 6) is 0.979. The molecule has 2 heterocycles. The Morgan fingerprint density at radius 1 is 1.10 bits per heavy atom. The molecule has 0 spiro atoms. The maximum absolute atomic E-state index is 11.7. The van der Waals surface area contributed by atoms with Crippen molar-refractivity contribution in [1.82, 2.24) is 9.80 Å². The highest BCUT2D eigenvalue weighted by molar-refractivity contribution is 5.73. The van der Waals surface area contributed by atoms with Crippen molar-refractivity contribution in [3.05, 3.63) is 35.9 Å². The van der Waals surface area contributed by atoms with Gasteiger partial charge in [0.25, 0.3) is 0 Å². The van der Waals surface area contributed by atoms with E-state index < -0.39 is 0 Å². The molecule has 1 aromatic carbocycles. The van der Waals surface area contributed by atoms with Crippen LogP contribution in [0.1, 0.15) is 38.2 Å². The molecule has 2 aliphatic rings. The van der Waals surface area contributed by atoms with Gasteiger partial charge in [-0.1, -0.05) is 30.3 Å². The van der Waals surface area contributed by atoms with E-state index in [1.807, 2.05) is 0 Å². The first kappa shape index (κ1) is 14.6. The smallest absolute Gasteiger partial charge is 0.219 e. The summed E-state index contributed by atoms with van der Waals surface area (Å²) in [7, 11) is 0. The molecule has 3 nitrogen and oxygen atoms in total. The lowest BCUT2D eigenvalue weighted by Crippen LogP contribution is -2.44. The molecule has 0 saturated carbocycles. The summed E-state index contributed by atoms with van der Waals surface area (Å²) in [5, 5.41) is 0. The molecule has 114 valence electrons. The number of likely N-dealkylation sites (tertiary alicyclic amines) is 2. The van der Waals surface area contributed by atoms with Crippen LogP contribution in [0, 0.1) is 5.92 Å². The van der Waals surface area contributed by atoms with Crippen LogP contribution in [0.2, 0.25) is 0 Å². The van der Waals surface area contributed by atoms with Crippen molar-refractivity contribution in [2.75, 3.05) is 19.6 Å². The molecule has 0 N–H and O–H groups in total. The first-order valence-electron chi connectivity index (χ1n) is 8.27. The lowest BCUT2D eigenvalue weighted by atomic mass is 9.87. The van der Waals surface area contributed by atoms with E-state index in [9.17, 15) is 4.79 Å². The number of carbonyl (C=O) groups is 1. The second-order valence-electron chi connectivity index (χ2n) is 6.52. The van der Waals surface area contributed by atoms with E-state index in [-0.39, 0.29) is 5.91 Å². The zero-order chi connectivity index (χ0) is 14.7. The van der Waals surface area contributed by atoms with E-state index in [2.05, 4.69) is 40.1 Å². The highest BCUT2D eigenvalue weighted by atomic mass is 16.2. The van der Waals surface area contributed by atoms with E-state index in [1.54, 1.807) is 6.92 Å². The maximum atomic E-state index is 11.7. The molecule has 1 unspecified atom stereocenters. The molecular weight excluding hydrogens is 260 g/mol. The largest absolute Gasteiger partial charge is 0.340 e. The molecule has 2 aliphatic heterocycles. The second kappa shape index (κ2) is 6.61. The fraction of sp³-hybridized carbons (Fsp3) is 0.611. The number of nitrogens with zero attached hydrogens (tertiary/aromatic N) is 2. The molecule has 0 aromatic heterocycles. The van der Waals surface area contributed by atoms with Crippen LogP contribution >= 0.6 is 0 Å². The van der Waals surface area contributed by atoms with Crippen molar-refractivity contribution in [1.29, 1.82) is 0 Å². The summed E-state index contributed by atoms with van der Waals surface area (Å²) in [6, 6.07) is 11.2. The van der Waals surface area contributed by atoms with E-state index in [0.29, 0.717) is 12.0 Å². The molecule has 0 bridgehead atoms. The minimum Gasteiger partial charge on any atom is -0.340 e. The van der Waals surface area contributed by atoms with Crippen molar-refractivity contribution >= 4 is 5.91 Å². The Bertz CT molecular complexity index is 465. The van der Waals surface area contributed by atoms with Gasteiger partial charge >= 0.3 is 0 Å².